The predicted octanol–water partition coefficient (Wildman–Crippen LogP) is -6.18. The minimum absolute atomic E-state index is 0.522. The molecule has 41 heteroatoms. The van der Waals surface area contributed by atoms with Gasteiger partial charge in [0.1, 0.15) is 80.0 Å². The van der Waals surface area contributed by atoms with Crippen LogP contribution in [0, 0.1) is 0 Å². The number of carbonyl (C=O) groups is 12. The fourth-order valence-electron chi connectivity index (χ4n) is 16.4. The molecule has 0 aromatic rings. The molecule has 78 heavy (non-hydrogen) atoms. The van der Waals surface area contributed by atoms with Crippen LogP contribution in [0.25, 0.3) is 0 Å². The van der Waals surface area contributed by atoms with Crippen molar-refractivity contribution in [3.8, 4) is 0 Å². The lowest BCUT2D eigenvalue weighted by Gasteiger charge is -2.47. The van der Waals surface area contributed by atoms with E-state index in [2.05, 4.69) is 0 Å². The lowest BCUT2D eigenvalue weighted by Crippen LogP contribution is -2.69. The lowest BCUT2D eigenvalue weighted by molar-refractivity contribution is -0.226. The highest BCUT2D eigenvalue weighted by molar-refractivity contribution is 7.51. The van der Waals surface area contributed by atoms with Gasteiger partial charge in [-0.3, -0.25) is 122 Å². The molecule has 0 aliphatic carbocycles. The zero-order valence-electron chi connectivity index (χ0n) is 39.8. The second kappa shape index (κ2) is 12.4. The summed E-state index contributed by atoms with van der Waals surface area (Å²) in [4.78, 5) is 233. The highest BCUT2D eigenvalue weighted by Crippen LogP contribution is 2.55. The Kier molecular flexibility index (Phi) is 6.73. The van der Waals surface area contributed by atoms with Crippen LogP contribution >= 0.6 is 7.60 Å². The molecular weight excluding hydrogens is 1070 g/mol. The Labute approximate surface area is 433 Å². The van der Waals surface area contributed by atoms with Crippen molar-refractivity contribution < 1.29 is 76.6 Å². The van der Waals surface area contributed by atoms with Gasteiger partial charge in [-0.05, 0) is 0 Å². The maximum Gasteiger partial charge on any atom is 0.351 e. The van der Waals surface area contributed by atoms with Crippen LogP contribution in [0.15, 0.2) is 0 Å². The van der Waals surface area contributed by atoms with Crippen LogP contribution in [0.3, 0.4) is 0 Å². The van der Waals surface area contributed by atoms with E-state index in [1.165, 1.54) is 78.4 Å². The molecule has 18 fully saturated rings. The van der Waals surface area contributed by atoms with Crippen LogP contribution in [0.1, 0.15) is 0 Å². The molecule has 0 spiro atoms. The van der Waals surface area contributed by atoms with Crippen LogP contribution in [0.4, 0.5) is 57.5 Å². The van der Waals surface area contributed by atoms with Crippen molar-refractivity contribution in [3.63, 3.8) is 0 Å². The van der Waals surface area contributed by atoms with E-state index in [0.29, 0.717) is 0 Å². The maximum absolute atomic E-state index is 15.6. The van der Waals surface area contributed by atoms with Crippen molar-refractivity contribution in [2.24, 2.45) is 0 Å². The van der Waals surface area contributed by atoms with E-state index >= 15 is 57.5 Å². The van der Waals surface area contributed by atoms with Gasteiger partial charge in [-0.15, -0.1) is 0 Å². The number of ether oxygens (including phenoxy) is 1. The van der Waals surface area contributed by atoms with Crippen LogP contribution in [-0.2, 0) is 9.30 Å². The second-order valence-corrected chi connectivity index (χ2v) is 24.0. The Morgan fingerprint density at radius 2 is 0.462 bits per heavy atom. The van der Waals surface area contributed by atoms with E-state index in [1.54, 1.807) is 0 Å². The Morgan fingerprint density at radius 1 is 0.295 bits per heavy atom. The molecule has 0 atom stereocenters. The van der Waals surface area contributed by atoms with Crippen molar-refractivity contribution >= 4 is 80.0 Å². The molecule has 0 radical (unpaired) electrons. The number of carbonyl (C=O) groups excluding carboxylic acids is 12. The maximum atomic E-state index is 15.6. The van der Waals surface area contributed by atoms with Gasteiger partial charge in [-0.25, -0.2) is 57.5 Å². The fourth-order valence-corrected chi connectivity index (χ4v) is 16.8. The number of hydrogen-bond donors (Lipinski definition) is 2. The Morgan fingerprint density at radius 3 is 0.641 bits per heavy atom. The van der Waals surface area contributed by atoms with Gasteiger partial charge in [-0.1, -0.05) is 0 Å². The predicted molar refractivity (Wildman–Crippen MR) is 230 cm³/mol. The molecule has 18 heterocycles. The van der Waals surface area contributed by atoms with Crippen LogP contribution in [0.2, 0.25) is 0 Å². The smallest absolute Gasteiger partial charge is 0.323 e. The summed E-state index contributed by atoms with van der Waals surface area (Å²) >= 11 is 0. The zero-order valence-corrected chi connectivity index (χ0v) is 40.7. The number of hydrogen-bond acceptors (Lipinski definition) is 14. The molecule has 18 saturated heterocycles. The minimum atomic E-state index is -5.23. The van der Waals surface area contributed by atoms with E-state index < -0.39 is 240 Å². The second-order valence-electron chi connectivity index (χ2n) is 22.4. The molecule has 0 aromatic carbocycles. The summed E-state index contributed by atoms with van der Waals surface area (Å²) in [6.07, 6.45) is -16.1. The van der Waals surface area contributed by atoms with Gasteiger partial charge in [0, 0.05) is 0 Å². The third-order valence-corrected chi connectivity index (χ3v) is 19.8. The molecule has 0 bridgehead atoms. The van der Waals surface area contributed by atoms with Crippen LogP contribution in [0.5, 0.6) is 0 Å². The quantitative estimate of drug-likeness (QED) is 0.248. The first-order valence-electron chi connectivity index (χ1n) is 24.9. The lowest BCUT2D eigenvalue weighted by atomic mass is 10.2. The van der Waals surface area contributed by atoms with Crippen LogP contribution in [-0.4, -0.2) is 360 Å². The molecule has 18 rings (SSSR count). The first-order valence-corrected chi connectivity index (χ1v) is 26.7. The van der Waals surface area contributed by atoms with Gasteiger partial charge in [0.2, 0.25) is 0 Å². The summed E-state index contributed by atoms with van der Waals surface area (Å²) in [5, 5.41) is 0. The van der Waals surface area contributed by atoms with Gasteiger partial charge in [0.25, 0.3) is 5.85 Å². The molecule has 40 nitrogen and oxygen atoms in total. The molecule has 408 valence electrons. The highest BCUT2D eigenvalue weighted by Gasteiger charge is 2.79. The normalized spacial score (nSPS) is 39.3. The topological polar surface area (TPSA) is 349 Å². The number of urea groups is 12. The monoisotopic (exact) mass is 1110 g/mol. The first-order chi connectivity index (χ1) is 37.3. The summed E-state index contributed by atoms with van der Waals surface area (Å²) in [5.41, 5.74) is 0. The summed E-state index contributed by atoms with van der Waals surface area (Å²) in [6.45, 7) is -7.64. The number of amides is 24. The minimum Gasteiger partial charge on any atom is -0.323 e. The van der Waals surface area contributed by atoms with Crippen molar-refractivity contribution in [1.29, 1.82) is 0 Å². The molecule has 18 aliphatic rings. The largest absolute Gasteiger partial charge is 0.351 e. The summed E-state index contributed by atoms with van der Waals surface area (Å²) in [7, 11) is -5.23. The fraction of sp³-hybridized carbons (Fsp3) is 0.676. The Hall–Kier alpha value is -8.65. The third-order valence-electron chi connectivity index (χ3n) is 19.4. The molecule has 24 amide bonds. The molecule has 0 saturated carbocycles. The molecule has 18 aliphatic heterocycles. The molecule has 2 N–H and O–H groups in total. The van der Waals surface area contributed by atoms with Crippen molar-refractivity contribution in [3.05, 3.63) is 0 Å². The number of nitrogens with zero attached hydrogens (tertiary/aromatic N) is 24. The van der Waals surface area contributed by atoms with Crippen LogP contribution < -0.4 is 0 Å². The third kappa shape index (κ3) is 4.12. The molecule has 0 aromatic heterocycles. The molecule has 0 unspecified atom stereocenters. The van der Waals surface area contributed by atoms with Gasteiger partial charge >= 0.3 is 80.0 Å². The van der Waals surface area contributed by atoms with Gasteiger partial charge in [-0.2, -0.15) is 0 Å². The zero-order chi connectivity index (χ0) is 53.0. The van der Waals surface area contributed by atoms with Gasteiger partial charge in [0.05, 0.1) is 0 Å². The highest BCUT2D eigenvalue weighted by atomic mass is 31.2. The average Bonchev–Trinajstić information content (AvgIpc) is 3.63. The van der Waals surface area contributed by atoms with Crippen molar-refractivity contribution in [2.75, 3.05) is 86.4 Å². The Balaban J connectivity index is 0.839. The van der Waals surface area contributed by atoms with E-state index in [0.717, 1.165) is 39.2 Å². The van der Waals surface area contributed by atoms with E-state index in [1.807, 2.05) is 0 Å². The summed E-state index contributed by atoms with van der Waals surface area (Å²) in [5.74, 6) is -2.64. The first kappa shape index (κ1) is 42.5. The van der Waals surface area contributed by atoms with Gasteiger partial charge in [0.15, 0.2) is 74.2 Å². The van der Waals surface area contributed by atoms with E-state index in [4.69, 9.17) is 4.74 Å². The Bertz CT molecular complexity index is 3070. The van der Waals surface area contributed by atoms with E-state index in [9.17, 15) is 14.4 Å². The average molecular weight is 1110 g/mol. The van der Waals surface area contributed by atoms with Gasteiger partial charge < -0.3 is 14.5 Å². The summed E-state index contributed by atoms with van der Waals surface area (Å²) in [6, 6.07) is -9.80. The summed E-state index contributed by atoms with van der Waals surface area (Å²) < 4.78 is 19.1. The van der Waals surface area contributed by atoms with Crippen molar-refractivity contribution in [1.82, 2.24) is 118 Å². The molecular formula is C37H39N24O16P. The number of rotatable bonds is 3. The van der Waals surface area contributed by atoms with Crippen molar-refractivity contribution in [2.45, 2.75) is 73.7 Å². The SMILES string of the molecule is O=C1N2CN3C(=O)N4CN5C(=O)N6CN7C(=O)N8CN9C(=O)N%10CN%11C(=O)N%12CN1C1C2N2CN%13C(=O)N(CN%14C(=O)N(CN%15C(=O)N(CN%16C(=O)N(CN%17C(=O)N(CN1C2=O)C%12C%11%17)C%10C9%16)C8(OCP(=O)(O)O)C7%15)C6C5%14)C4C3%13. The standard InChI is InChI=1S/C37H39N24O16P/c62-25-38-1-42-16-17-46(27(42)64)5-50-20-21-54(31(50)68)9-58-24-37(77-13-78(74,75)76)60(35(58)72)11-56-23-22-52(33(56)70)7-48-19-18-44(29(48)66)3-40(25)15-14(38)39-2-43(16)28(65)47(17)6-51(20)32(69)55(21)10-59(24)36(73)61(37)12-57(23)34(71)53(22)8-49(19)30(67)45(18)4-41(15)26(39)63/h14-24H,1-13H2,(H2,74,75,76). The van der Waals surface area contributed by atoms with E-state index in [-0.39, 0.29) is 0 Å².